The highest BCUT2D eigenvalue weighted by atomic mass is 32.2. The van der Waals surface area contributed by atoms with E-state index in [1.165, 1.54) is 12.1 Å². The third-order valence-electron chi connectivity index (χ3n) is 4.39. The fourth-order valence-electron chi connectivity index (χ4n) is 2.98. The van der Waals surface area contributed by atoms with Crippen molar-refractivity contribution in [3.05, 3.63) is 65.7 Å². The molecule has 1 fully saturated rings. The molecule has 1 saturated heterocycles. The van der Waals surface area contributed by atoms with Gasteiger partial charge < -0.3 is 4.74 Å². The van der Waals surface area contributed by atoms with E-state index in [1.54, 1.807) is 12.1 Å². The fourth-order valence-corrected chi connectivity index (χ4v) is 4.55. The zero-order valence-corrected chi connectivity index (χ0v) is 15.1. The summed E-state index contributed by atoms with van der Waals surface area (Å²) in [7, 11) is -3.56. The van der Waals surface area contributed by atoms with Crippen molar-refractivity contribution in [3.8, 4) is 0 Å². The van der Waals surface area contributed by atoms with Crippen molar-refractivity contribution in [1.29, 1.82) is 0 Å². The van der Waals surface area contributed by atoms with Crippen molar-refractivity contribution >= 4 is 21.6 Å². The molecule has 2 aromatic carbocycles. The minimum Gasteiger partial charge on any atom is -0.465 e. The molecule has 2 aromatic rings. The van der Waals surface area contributed by atoms with Crippen LogP contribution in [0.15, 0.2) is 59.5 Å². The number of rotatable bonds is 7. The van der Waals surface area contributed by atoms with Crippen molar-refractivity contribution in [2.24, 2.45) is 5.92 Å². The van der Waals surface area contributed by atoms with E-state index in [1.807, 2.05) is 30.3 Å². The summed E-state index contributed by atoms with van der Waals surface area (Å²) in [5.74, 6) is -1.21. The molecule has 0 saturated carbocycles. The Kier molecular flexibility index (Phi) is 5.52. The topological polar surface area (TPSA) is 77.5 Å². The molecule has 26 heavy (non-hydrogen) atoms. The van der Waals surface area contributed by atoms with Crippen molar-refractivity contribution in [1.82, 2.24) is 0 Å². The van der Waals surface area contributed by atoms with E-state index in [4.69, 9.17) is 4.74 Å². The van der Waals surface area contributed by atoms with Crippen LogP contribution in [0.2, 0.25) is 0 Å². The second-order valence-electron chi connectivity index (χ2n) is 6.46. The number of carbonyl (C=O) groups is 2. The third-order valence-corrected chi connectivity index (χ3v) is 6.22. The summed E-state index contributed by atoms with van der Waals surface area (Å²) in [6, 6.07) is 15.8. The minimum atomic E-state index is -3.56. The number of benzene rings is 2. The lowest BCUT2D eigenvalue weighted by Crippen LogP contribution is -2.20. The van der Waals surface area contributed by atoms with Crippen LogP contribution >= 0.6 is 0 Å². The molecule has 0 N–H and O–H groups in total. The van der Waals surface area contributed by atoms with Crippen molar-refractivity contribution in [2.45, 2.75) is 24.2 Å². The molecule has 0 bridgehead atoms. The van der Waals surface area contributed by atoms with Crippen molar-refractivity contribution in [2.75, 3.05) is 12.4 Å². The predicted octanol–water partition coefficient (Wildman–Crippen LogP) is 2.38. The normalized spacial score (nSPS) is 17.1. The molecule has 0 unspecified atom stereocenters. The van der Waals surface area contributed by atoms with Gasteiger partial charge in [-0.1, -0.05) is 42.5 Å². The Bertz CT molecular complexity index is 886. The SMILES string of the molecule is O=C(Cc1ccccc1)Cc1ccc(S(=O)(=O)C[C@H]2CCOC2=O)cc1. The third kappa shape index (κ3) is 4.58. The number of carbonyl (C=O) groups excluding carboxylic acids is 2. The van der Waals surface area contributed by atoms with Crippen LogP contribution in [0.4, 0.5) is 0 Å². The summed E-state index contributed by atoms with van der Waals surface area (Å²) in [5.41, 5.74) is 1.73. The number of esters is 1. The quantitative estimate of drug-likeness (QED) is 0.698. The van der Waals surface area contributed by atoms with Crippen LogP contribution in [-0.4, -0.2) is 32.5 Å². The number of ketones is 1. The van der Waals surface area contributed by atoms with Crippen molar-refractivity contribution in [3.63, 3.8) is 0 Å². The molecule has 0 aromatic heterocycles. The van der Waals surface area contributed by atoms with Crippen LogP contribution in [0.3, 0.4) is 0 Å². The van der Waals surface area contributed by atoms with Gasteiger partial charge in [0.25, 0.3) is 0 Å². The zero-order valence-electron chi connectivity index (χ0n) is 14.3. The average Bonchev–Trinajstić information content (AvgIpc) is 3.00. The maximum atomic E-state index is 12.4. The molecule has 1 aliphatic heterocycles. The predicted molar refractivity (Wildman–Crippen MR) is 96.4 cm³/mol. The monoisotopic (exact) mass is 372 g/mol. The maximum Gasteiger partial charge on any atom is 0.310 e. The smallest absolute Gasteiger partial charge is 0.310 e. The largest absolute Gasteiger partial charge is 0.465 e. The minimum absolute atomic E-state index is 0.0699. The molecule has 136 valence electrons. The van der Waals surface area contributed by atoms with E-state index in [0.717, 1.165) is 11.1 Å². The zero-order chi connectivity index (χ0) is 18.6. The van der Waals surface area contributed by atoms with Gasteiger partial charge in [-0.15, -0.1) is 0 Å². The molecular weight excluding hydrogens is 352 g/mol. The molecule has 5 nitrogen and oxygen atoms in total. The molecule has 6 heteroatoms. The van der Waals surface area contributed by atoms with Gasteiger partial charge in [0.15, 0.2) is 9.84 Å². The highest BCUT2D eigenvalue weighted by molar-refractivity contribution is 7.91. The van der Waals surface area contributed by atoms with Gasteiger partial charge >= 0.3 is 5.97 Å². The first-order valence-corrected chi connectivity index (χ1v) is 10.1. The molecule has 1 aliphatic rings. The molecule has 0 amide bonds. The van der Waals surface area contributed by atoms with Gasteiger partial charge in [0.1, 0.15) is 5.78 Å². The first-order chi connectivity index (χ1) is 12.4. The summed E-state index contributed by atoms with van der Waals surface area (Å²) in [6.45, 7) is 0.279. The summed E-state index contributed by atoms with van der Waals surface area (Å²) >= 11 is 0. The van der Waals surface area contributed by atoms with E-state index >= 15 is 0 Å². The van der Waals surface area contributed by atoms with Crippen LogP contribution in [0.5, 0.6) is 0 Å². The molecule has 1 heterocycles. The lowest BCUT2D eigenvalue weighted by molar-refractivity contribution is -0.140. The Hall–Kier alpha value is -2.47. The fraction of sp³-hybridized carbons (Fsp3) is 0.300. The van der Waals surface area contributed by atoms with E-state index < -0.39 is 21.7 Å². The van der Waals surface area contributed by atoms with Gasteiger partial charge in [0.2, 0.25) is 0 Å². The number of hydrogen-bond donors (Lipinski definition) is 0. The first kappa shape index (κ1) is 18.3. The van der Waals surface area contributed by atoms with Crippen LogP contribution in [0.1, 0.15) is 17.5 Å². The molecular formula is C20H20O5S. The van der Waals surface area contributed by atoms with Gasteiger partial charge in [-0.2, -0.15) is 0 Å². The van der Waals surface area contributed by atoms with E-state index in [2.05, 4.69) is 0 Å². The van der Waals surface area contributed by atoms with E-state index in [0.29, 0.717) is 12.8 Å². The van der Waals surface area contributed by atoms with E-state index in [-0.39, 0.29) is 29.5 Å². The van der Waals surface area contributed by atoms with Gasteiger partial charge in [0.05, 0.1) is 23.2 Å². The Balaban J connectivity index is 1.62. The Morgan fingerprint density at radius 3 is 2.15 bits per heavy atom. The lowest BCUT2D eigenvalue weighted by atomic mass is 10.0. The van der Waals surface area contributed by atoms with Crippen LogP contribution in [0, 0.1) is 5.92 Å². The second kappa shape index (κ2) is 7.83. The van der Waals surface area contributed by atoms with Gasteiger partial charge in [0, 0.05) is 12.8 Å². The molecule has 0 aliphatic carbocycles. The Labute approximate surface area is 152 Å². The number of cyclic esters (lactones) is 1. The van der Waals surface area contributed by atoms with Gasteiger partial charge in [-0.05, 0) is 29.7 Å². The van der Waals surface area contributed by atoms with E-state index in [9.17, 15) is 18.0 Å². The van der Waals surface area contributed by atoms with Gasteiger partial charge in [-0.25, -0.2) is 8.42 Å². The summed E-state index contributed by atoms with van der Waals surface area (Å²) in [5, 5.41) is 0. The molecule has 0 radical (unpaired) electrons. The standard InChI is InChI=1S/C20H20O5S/c21-18(12-15-4-2-1-3-5-15)13-16-6-8-19(9-7-16)26(23,24)14-17-10-11-25-20(17)22/h1-9,17H,10-14H2/t17-/m1/s1. The van der Waals surface area contributed by atoms with Crippen molar-refractivity contribution < 1.29 is 22.7 Å². The Morgan fingerprint density at radius 1 is 0.962 bits per heavy atom. The number of Topliss-reactive ketones (excluding diaryl/α,β-unsaturated/α-hetero) is 1. The highest BCUT2D eigenvalue weighted by Gasteiger charge is 2.32. The van der Waals surface area contributed by atoms with Crippen LogP contribution in [0.25, 0.3) is 0 Å². The Morgan fingerprint density at radius 2 is 1.58 bits per heavy atom. The summed E-state index contributed by atoms with van der Waals surface area (Å²) < 4.78 is 29.7. The number of ether oxygens (including phenoxy) is 1. The lowest BCUT2D eigenvalue weighted by Gasteiger charge is -2.08. The second-order valence-corrected chi connectivity index (χ2v) is 8.49. The molecule has 0 spiro atoms. The van der Waals surface area contributed by atoms with Crippen LogP contribution in [-0.2, 0) is 37.0 Å². The van der Waals surface area contributed by atoms with Gasteiger partial charge in [-0.3, -0.25) is 9.59 Å². The molecule has 3 rings (SSSR count). The average molecular weight is 372 g/mol. The summed E-state index contributed by atoms with van der Waals surface area (Å²) in [4.78, 5) is 23.8. The first-order valence-electron chi connectivity index (χ1n) is 8.48. The summed E-state index contributed by atoms with van der Waals surface area (Å²) in [6.07, 6.45) is 1.04. The maximum absolute atomic E-state index is 12.4. The number of hydrogen-bond acceptors (Lipinski definition) is 5. The molecule has 1 atom stereocenters. The number of sulfone groups is 1. The van der Waals surface area contributed by atoms with Crippen LogP contribution < -0.4 is 0 Å². The highest BCUT2D eigenvalue weighted by Crippen LogP contribution is 2.21.